The average Bonchev–Trinajstić information content (AvgIpc) is 2.40. The number of rotatable bonds is 2. The number of hydrogen-bond acceptors (Lipinski definition) is 2. The van der Waals surface area contributed by atoms with E-state index in [0.29, 0.717) is 5.92 Å². The molecule has 0 aliphatic heterocycles. The maximum atomic E-state index is 12.6. The molecule has 0 N–H and O–H groups in total. The molecule has 0 heterocycles. The molecule has 5 heteroatoms. The molecule has 1 saturated carbocycles. The number of alkyl halides is 3. The molecular formula is C15H17F3O2. The molecule has 1 aliphatic rings. The molecule has 1 fully saturated rings. The average molecular weight is 286 g/mol. The second kappa shape index (κ2) is 5.85. The second-order valence-corrected chi connectivity index (χ2v) is 5.37. The van der Waals surface area contributed by atoms with Gasteiger partial charge >= 0.3 is 12.1 Å². The number of halogens is 3. The highest BCUT2D eigenvalue weighted by Crippen LogP contribution is 2.30. The van der Waals surface area contributed by atoms with Crippen LogP contribution in [0.15, 0.2) is 24.3 Å². The fourth-order valence-electron chi connectivity index (χ4n) is 2.39. The number of ether oxygens (including phenoxy) is 1. The highest BCUT2D eigenvalue weighted by molar-refractivity contribution is 5.89. The van der Waals surface area contributed by atoms with E-state index in [1.807, 2.05) is 0 Å². The quantitative estimate of drug-likeness (QED) is 0.751. The van der Waals surface area contributed by atoms with Gasteiger partial charge < -0.3 is 4.74 Å². The highest BCUT2D eigenvalue weighted by atomic mass is 19.4. The fourth-order valence-corrected chi connectivity index (χ4v) is 2.39. The highest BCUT2D eigenvalue weighted by Gasteiger charge is 2.31. The van der Waals surface area contributed by atoms with E-state index in [1.54, 1.807) is 0 Å². The Morgan fingerprint density at radius 1 is 1.20 bits per heavy atom. The van der Waals surface area contributed by atoms with Crippen LogP contribution >= 0.6 is 0 Å². The van der Waals surface area contributed by atoms with Gasteiger partial charge in [0, 0.05) is 0 Å². The number of carbonyl (C=O) groups excluding carboxylic acids is 1. The van der Waals surface area contributed by atoms with E-state index in [2.05, 4.69) is 6.92 Å². The summed E-state index contributed by atoms with van der Waals surface area (Å²) in [5.74, 6) is -0.0471. The zero-order valence-electron chi connectivity index (χ0n) is 11.2. The number of carbonyl (C=O) groups is 1. The van der Waals surface area contributed by atoms with Crippen LogP contribution in [0.1, 0.15) is 48.5 Å². The zero-order valence-corrected chi connectivity index (χ0v) is 11.2. The van der Waals surface area contributed by atoms with E-state index in [9.17, 15) is 18.0 Å². The fraction of sp³-hybridized carbons (Fsp3) is 0.533. The summed E-state index contributed by atoms with van der Waals surface area (Å²) in [6.07, 6.45) is -1.08. The molecule has 2 rings (SSSR count). The van der Waals surface area contributed by atoms with Gasteiger partial charge in [0.15, 0.2) is 0 Å². The Hall–Kier alpha value is -1.52. The smallest absolute Gasteiger partial charge is 0.416 e. The molecule has 1 aromatic carbocycles. The van der Waals surface area contributed by atoms with Crippen molar-refractivity contribution >= 4 is 5.97 Å². The lowest BCUT2D eigenvalue weighted by Crippen LogP contribution is -2.23. The minimum absolute atomic E-state index is 0.0431. The molecule has 0 aromatic heterocycles. The SMILES string of the molecule is CC1CCC(OC(=O)c2cccc(C(F)(F)F)c2)CC1. The molecule has 0 amide bonds. The molecule has 1 aromatic rings. The first-order chi connectivity index (χ1) is 9.36. The van der Waals surface area contributed by atoms with Crippen molar-refractivity contribution in [2.45, 2.75) is 44.9 Å². The first kappa shape index (κ1) is 14.9. The monoisotopic (exact) mass is 286 g/mol. The van der Waals surface area contributed by atoms with Gasteiger partial charge in [-0.2, -0.15) is 13.2 Å². The first-order valence-electron chi connectivity index (χ1n) is 6.74. The van der Waals surface area contributed by atoms with Gasteiger partial charge in [0.2, 0.25) is 0 Å². The Labute approximate surface area is 115 Å². The summed E-state index contributed by atoms with van der Waals surface area (Å²) < 4.78 is 43.0. The number of hydrogen-bond donors (Lipinski definition) is 0. The molecule has 0 unspecified atom stereocenters. The maximum Gasteiger partial charge on any atom is 0.416 e. The van der Waals surface area contributed by atoms with E-state index in [1.165, 1.54) is 12.1 Å². The largest absolute Gasteiger partial charge is 0.459 e. The van der Waals surface area contributed by atoms with Gasteiger partial charge in [0.05, 0.1) is 11.1 Å². The van der Waals surface area contributed by atoms with Crippen molar-refractivity contribution in [3.05, 3.63) is 35.4 Å². The summed E-state index contributed by atoms with van der Waals surface area (Å²) in [5, 5.41) is 0. The zero-order chi connectivity index (χ0) is 14.8. The van der Waals surface area contributed by atoms with Gasteiger partial charge in [-0.15, -0.1) is 0 Å². The summed E-state index contributed by atoms with van der Waals surface area (Å²) in [6.45, 7) is 2.14. The second-order valence-electron chi connectivity index (χ2n) is 5.37. The summed E-state index contributed by atoms with van der Waals surface area (Å²) in [4.78, 5) is 11.9. The van der Waals surface area contributed by atoms with Crippen LogP contribution in [0.2, 0.25) is 0 Å². The van der Waals surface area contributed by atoms with Crippen LogP contribution in [-0.2, 0) is 10.9 Å². The topological polar surface area (TPSA) is 26.3 Å². The van der Waals surface area contributed by atoms with Crippen LogP contribution in [0.4, 0.5) is 13.2 Å². The van der Waals surface area contributed by atoms with Crippen molar-refractivity contribution in [2.75, 3.05) is 0 Å². The van der Waals surface area contributed by atoms with Crippen LogP contribution in [0, 0.1) is 5.92 Å². The molecule has 0 radical (unpaired) electrons. The Morgan fingerprint density at radius 2 is 1.85 bits per heavy atom. The van der Waals surface area contributed by atoms with Crippen LogP contribution in [0.3, 0.4) is 0 Å². The summed E-state index contributed by atoms with van der Waals surface area (Å²) >= 11 is 0. The minimum Gasteiger partial charge on any atom is -0.459 e. The van der Waals surface area contributed by atoms with Crippen molar-refractivity contribution in [3.63, 3.8) is 0 Å². The van der Waals surface area contributed by atoms with E-state index in [0.717, 1.165) is 37.8 Å². The van der Waals surface area contributed by atoms with Gasteiger partial charge in [-0.3, -0.25) is 0 Å². The van der Waals surface area contributed by atoms with E-state index < -0.39 is 17.7 Å². The molecule has 0 spiro atoms. The van der Waals surface area contributed by atoms with Crippen LogP contribution < -0.4 is 0 Å². The predicted molar refractivity (Wildman–Crippen MR) is 68.3 cm³/mol. The van der Waals surface area contributed by atoms with Crippen molar-refractivity contribution in [2.24, 2.45) is 5.92 Å². The predicted octanol–water partition coefficient (Wildman–Crippen LogP) is 4.44. The van der Waals surface area contributed by atoms with E-state index >= 15 is 0 Å². The van der Waals surface area contributed by atoms with Crippen LogP contribution in [0.25, 0.3) is 0 Å². The molecule has 0 bridgehead atoms. The third-order valence-corrected chi connectivity index (χ3v) is 3.66. The summed E-state index contributed by atoms with van der Waals surface area (Å²) in [7, 11) is 0. The summed E-state index contributed by atoms with van der Waals surface area (Å²) in [6, 6.07) is 4.36. The number of benzene rings is 1. The van der Waals surface area contributed by atoms with Crippen molar-refractivity contribution in [1.82, 2.24) is 0 Å². The minimum atomic E-state index is -4.45. The van der Waals surface area contributed by atoms with Gasteiger partial charge in [-0.25, -0.2) is 4.79 Å². The van der Waals surface area contributed by atoms with Crippen molar-refractivity contribution in [3.8, 4) is 0 Å². The van der Waals surface area contributed by atoms with Gasteiger partial charge in [0.25, 0.3) is 0 Å². The van der Waals surface area contributed by atoms with Crippen LogP contribution in [0.5, 0.6) is 0 Å². The molecule has 0 saturated heterocycles. The third-order valence-electron chi connectivity index (χ3n) is 3.66. The lowest BCUT2D eigenvalue weighted by Gasteiger charge is -2.26. The Morgan fingerprint density at radius 3 is 2.45 bits per heavy atom. The number of esters is 1. The van der Waals surface area contributed by atoms with Crippen molar-refractivity contribution < 1.29 is 22.7 Å². The molecule has 20 heavy (non-hydrogen) atoms. The molecular weight excluding hydrogens is 269 g/mol. The molecule has 0 atom stereocenters. The van der Waals surface area contributed by atoms with Gasteiger partial charge in [-0.1, -0.05) is 13.0 Å². The lowest BCUT2D eigenvalue weighted by molar-refractivity contribution is -0.137. The first-order valence-corrected chi connectivity index (χ1v) is 6.74. The van der Waals surface area contributed by atoms with E-state index in [4.69, 9.17) is 4.74 Å². The molecule has 1 aliphatic carbocycles. The van der Waals surface area contributed by atoms with Crippen LogP contribution in [-0.4, -0.2) is 12.1 Å². The lowest BCUT2D eigenvalue weighted by atomic mass is 9.89. The van der Waals surface area contributed by atoms with Crippen molar-refractivity contribution in [1.29, 1.82) is 0 Å². The Bertz CT molecular complexity index is 474. The molecule has 2 nitrogen and oxygen atoms in total. The maximum absolute atomic E-state index is 12.6. The molecule has 110 valence electrons. The van der Waals surface area contributed by atoms with Gasteiger partial charge in [-0.05, 0) is 49.8 Å². The van der Waals surface area contributed by atoms with E-state index in [-0.39, 0.29) is 11.7 Å². The Kier molecular flexibility index (Phi) is 4.35. The third kappa shape index (κ3) is 3.74. The normalized spacial score (nSPS) is 23.4. The summed E-state index contributed by atoms with van der Waals surface area (Å²) in [5.41, 5.74) is -0.873. The van der Waals surface area contributed by atoms with Gasteiger partial charge in [0.1, 0.15) is 6.10 Å². The Balaban J connectivity index is 2.02. The standard InChI is InChI=1S/C15H17F3O2/c1-10-5-7-13(8-6-10)20-14(19)11-3-2-4-12(9-11)15(16,17)18/h2-4,9-10,13H,5-8H2,1H3.